The van der Waals surface area contributed by atoms with Crippen molar-refractivity contribution >= 4 is 23.2 Å². The van der Waals surface area contributed by atoms with Gasteiger partial charge in [0.15, 0.2) is 0 Å². The van der Waals surface area contributed by atoms with Gasteiger partial charge in [-0.05, 0) is 19.4 Å². The summed E-state index contributed by atoms with van der Waals surface area (Å²) in [7, 11) is 0. The standard InChI is InChI=1S/C17H19ClN2O3/c1-17(16(22)19-12-7-6-11(8-12)10-21)9-15(20-23-17)13-4-2-3-5-14(13)18/h2-7,11-12,21H,8-10H2,1H3,(H,19,22)/t11-,12+,17-/m0/s1. The first-order valence-corrected chi connectivity index (χ1v) is 8.00. The number of hydrogen-bond donors (Lipinski definition) is 2. The molecule has 0 spiro atoms. The SMILES string of the molecule is C[C@@]1(C(=O)N[C@@H]2C=C[C@H](CO)C2)CC(c2ccccc2Cl)=NO1. The Kier molecular flexibility index (Phi) is 4.41. The van der Waals surface area contributed by atoms with E-state index >= 15 is 0 Å². The normalized spacial score (nSPS) is 29.3. The van der Waals surface area contributed by atoms with Crippen molar-refractivity contribution in [2.75, 3.05) is 6.61 Å². The molecule has 5 nitrogen and oxygen atoms in total. The van der Waals surface area contributed by atoms with E-state index in [0.717, 1.165) is 5.56 Å². The van der Waals surface area contributed by atoms with Gasteiger partial charge in [-0.25, -0.2) is 0 Å². The van der Waals surface area contributed by atoms with Gasteiger partial charge in [-0.2, -0.15) is 0 Å². The quantitative estimate of drug-likeness (QED) is 0.830. The predicted molar refractivity (Wildman–Crippen MR) is 88.4 cm³/mol. The van der Waals surface area contributed by atoms with E-state index in [9.17, 15) is 4.79 Å². The van der Waals surface area contributed by atoms with Gasteiger partial charge in [0.25, 0.3) is 5.91 Å². The van der Waals surface area contributed by atoms with Crippen LogP contribution in [-0.2, 0) is 9.63 Å². The van der Waals surface area contributed by atoms with Gasteiger partial charge < -0.3 is 15.3 Å². The average molecular weight is 335 g/mol. The number of hydrogen-bond acceptors (Lipinski definition) is 4. The first-order chi connectivity index (χ1) is 11.0. The summed E-state index contributed by atoms with van der Waals surface area (Å²) in [5.74, 6) is -0.107. The molecule has 1 amide bonds. The zero-order valence-corrected chi connectivity index (χ0v) is 13.6. The number of oxime groups is 1. The van der Waals surface area contributed by atoms with Gasteiger partial charge in [0, 0.05) is 35.6 Å². The molecule has 0 radical (unpaired) electrons. The maximum absolute atomic E-state index is 12.5. The minimum absolute atomic E-state index is 0.0792. The second-order valence-electron chi connectivity index (χ2n) is 6.16. The van der Waals surface area contributed by atoms with E-state index in [1.807, 2.05) is 30.4 Å². The van der Waals surface area contributed by atoms with Crippen LogP contribution < -0.4 is 5.32 Å². The maximum Gasteiger partial charge on any atom is 0.267 e. The molecule has 3 rings (SSSR count). The summed E-state index contributed by atoms with van der Waals surface area (Å²) in [4.78, 5) is 18.0. The van der Waals surface area contributed by atoms with Crippen molar-refractivity contribution in [3.63, 3.8) is 0 Å². The molecule has 0 saturated heterocycles. The highest BCUT2D eigenvalue weighted by Crippen LogP contribution is 2.30. The van der Waals surface area contributed by atoms with Gasteiger partial charge in [-0.1, -0.05) is 47.1 Å². The predicted octanol–water partition coefficient (Wildman–Crippen LogP) is 2.28. The van der Waals surface area contributed by atoms with Gasteiger partial charge in [-0.3, -0.25) is 4.79 Å². The van der Waals surface area contributed by atoms with E-state index in [-0.39, 0.29) is 24.5 Å². The Morgan fingerprint density at radius 2 is 2.26 bits per heavy atom. The van der Waals surface area contributed by atoms with Crippen LogP contribution in [-0.4, -0.2) is 35.0 Å². The number of benzene rings is 1. The minimum Gasteiger partial charge on any atom is -0.396 e. The number of nitrogens with zero attached hydrogens (tertiary/aromatic N) is 1. The van der Waals surface area contributed by atoms with Gasteiger partial charge in [0.05, 0.1) is 5.71 Å². The monoisotopic (exact) mass is 334 g/mol. The maximum atomic E-state index is 12.5. The molecule has 1 aromatic rings. The van der Waals surface area contributed by atoms with Gasteiger partial charge in [0.2, 0.25) is 5.60 Å². The molecule has 1 aliphatic carbocycles. The summed E-state index contributed by atoms with van der Waals surface area (Å²) in [6.07, 6.45) is 4.90. The third-order valence-electron chi connectivity index (χ3n) is 4.25. The van der Waals surface area contributed by atoms with E-state index in [1.54, 1.807) is 13.0 Å². The van der Waals surface area contributed by atoms with Crippen LogP contribution in [0.25, 0.3) is 0 Å². The molecule has 0 bridgehead atoms. The molecule has 2 aliphatic rings. The summed E-state index contributed by atoms with van der Waals surface area (Å²) < 4.78 is 0. The molecule has 0 saturated carbocycles. The molecule has 0 aromatic heterocycles. The Morgan fingerprint density at radius 1 is 1.48 bits per heavy atom. The van der Waals surface area contributed by atoms with Gasteiger partial charge >= 0.3 is 0 Å². The molecule has 0 fully saturated rings. The number of carbonyl (C=O) groups is 1. The molecule has 122 valence electrons. The highest BCUT2D eigenvalue weighted by Gasteiger charge is 2.43. The summed E-state index contributed by atoms with van der Waals surface area (Å²) in [5, 5.41) is 16.7. The number of aliphatic hydroxyl groups excluding tert-OH is 1. The second kappa shape index (κ2) is 6.34. The zero-order valence-electron chi connectivity index (χ0n) is 12.8. The Balaban J connectivity index is 1.65. The average Bonchev–Trinajstić information content (AvgIpc) is 3.15. The Bertz CT molecular complexity index is 674. The highest BCUT2D eigenvalue weighted by molar-refractivity contribution is 6.34. The van der Waals surface area contributed by atoms with E-state index in [2.05, 4.69) is 10.5 Å². The molecule has 1 heterocycles. The molecule has 1 aliphatic heterocycles. The third kappa shape index (κ3) is 3.26. The number of nitrogens with one attached hydrogen (secondary N) is 1. The minimum atomic E-state index is -1.04. The smallest absolute Gasteiger partial charge is 0.267 e. The molecule has 6 heteroatoms. The summed E-state index contributed by atoms with van der Waals surface area (Å²) in [6.45, 7) is 1.81. The molecule has 2 N–H and O–H groups in total. The fraction of sp³-hybridized carbons (Fsp3) is 0.412. The lowest BCUT2D eigenvalue weighted by Crippen LogP contribution is -2.48. The Morgan fingerprint density at radius 3 is 2.96 bits per heavy atom. The van der Waals surface area contributed by atoms with E-state index in [4.69, 9.17) is 21.5 Å². The molecule has 0 unspecified atom stereocenters. The van der Waals surface area contributed by atoms with Crippen LogP contribution in [0.2, 0.25) is 5.02 Å². The molecular weight excluding hydrogens is 316 g/mol. The van der Waals surface area contributed by atoms with Crippen molar-refractivity contribution in [3.05, 3.63) is 47.0 Å². The van der Waals surface area contributed by atoms with Crippen molar-refractivity contribution < 1.29 is 14.7 Å². The van der Waals surface area contributed by atoms with Crippen molar-refractivity contribution in [2.45, 2.75) is 31.4 Å². The first-order valence-electron chi connectivity index (χ1n) is 7.62. The number of halogens is 1. The lowest BCUT2D eigenvalue weighted by molar-refractivity contribution is -0.142. The molecule has 23 heavy (non-hydrogen) atoms. The number of amides is 1. The van der Waals surface area contributed by atoms with Crippen LogP contribution >= 0.6 is 11.6 Å². The van der Waals surface area contributed by atoms with Crippen molar-refractivity contribution in [1.29, 1.82) is 0 Å². The van der Waals surface area contributed by atoms with Crippen LogP contribution in [0.4, 0.5) is 0 Å². The fourth-order valence-corrected chi connectivity index (χ4v) is 3.08. The zero-order chi connectivity index (χ0) is 16.4. The second-order valence-corrected chi connectivity index (χ2v) is 6.57. The van der Waals surface area contributed by atoms with Crippen LogP contribution in [0.1, 0.15) is 25.3 Å². The lowest BCUT2D eigenvalue weighted by atomic mass is 9.94. The van der Waals surface area contributed by atoms with Gasteiger partial charge in [0.1, 0.15) is 0 Å². The number of aliphatic hydroxyl groups is 1. The largest absolute Gasteiger partial charge is 0.396 e. The van der Waals surface area contributed by atoms with Gasteiger partial charge in [-0.15, -0.1) is 0 Å². The van der Waals surface area contributed by atoms with E-state index in [0.29, 0.717) is 23.6 Å². The van der Waals surface area contributed by atoms with Crippen LogP contribution in [0.15, 0.2) is 41.6 Å². The Hall–Kier alpha value is -1.85. The van der Waals surface area contributed by atoms with E-state index in [1.165, 1.54) is 0 Å². The number of carbonyl (C=O) groups excluding carboxylic acids is 1. The number of rotatable bonds is 4. The van der Waals surface area contributed by atoms with E-state index < -0.39 is 5.60 Å². The Labute approximate surface area is 140 Å². The first kappa shape index (κ1) is 16.0. The summed E-state index contributed by atoms with van der Waals surface area (Å²) in [5.41, 5.74) is 0.412. The lowest BCUT2D eigenvalue weighted by Gasteiger charge is -2.23. The van der Waals surface area contributed by atoms with Crippen molar-refractivity contribution in [1.82, 2.24) is 5.32 Å². The van der Waals surface area contributed by atoms with Crippen LogP contribution in [0, 0.1) is 5.92 Å². The summed E-state index contributed by atoms with van der Waals surface area (Å²) in [6, 6.07) is 7.29. The van der Waals surface area contributed by atoms with Crippen molar-refractivity contribution in [3.8, 4) is 0 Å². The van der Waals surface area contributed by atoms with Crippen molar-refractivity contribution in [2.24, 2.45) is 11.1 Å². The van der Waals surface area contributed by atoms with Crippen LogP contribution in [0.5, 0.6) is 0 Å². The topological polar surface area (TPSA) is 70.9 Å². The summed E-state index contributed by atoms with van der Waals surface area (Å²) >= 11 is 6.18. The molecular formula is C17H19ClN2O3. The fourth-order valence-electron chi connectivity index (χ4n) is 2.84. The molecule has 1 aromatic carbocycles. The molecule has 3 atom stereocenters. The third-order valence-corrected chi connectivity index (χ3v) is 4.58. The highest BCUT2D eigenvalue weighted by atomic mass is 35.5. The van der Waals surface area contributed by atoms with Crippen LogP contribution in [0.3, 0.4) is 0 Å².